The lowest BCUT2D eigenvalue weighted by atomic mass is 10.0. The van der Waals surface area contributed by atoms with Crippen molar-refractivity contribution in [1.82, 2.24) is 8.87 Å². The molecule has 31 heavy (non-hydrogen) atoms. The van der Waals surface area contributed by atoms with Crippen LogP contribution in [0.15, 0.2) is 52.4 Å². The standard InChI is InChI=1S/C22H24ClN3O3S2/c1-14(2)15-6-11-18-20(13-15)30-22(25(18)3)24-21(27)19-5-4-12-26(19)31(28,29)17-9-7-16(23)8-10-17/h6-11,13-14,19H,4-5,12H2,1-3H3. The first-order chi connectivity index (χ1) is 14.7. The van der Waals surface area contributed by atoms with E-state index in [0.717, 1.165) is 10.2 Å². The summed E-state index contributed by atoms with van der Waals surface area (Å²) in [5.74, 6) is -0.0229. The molecule has 1 aliphatic rings. The molecule has 6 nitrogen and oxygen atoms in total. The van der Waals surface area contributed by atoms with E-state index in [2.05, 4.69) is 31.0 Å². The van der Waals surface area contributed by atoms with E-state index >= 15 is 0 Å². The van der Waals surface area contributed by atoms with Gasteiger partial charge in [-0.3, -0.25) is 4.79 Å². The number of fused-ring (bicyclic) bond motifs is 1. The Balaban J connectivity index is 1.68. The van der Waals surface area contributed by atoms with Crippen molar-refractivity contribution in [3.05, 3.63) is 57.9 Å². The summed E-state index contributed by atoms with van der Waals surface area (Å²) in [4.78, 5) is 18.1. The Morgan fingerprint density at radius 2 is 1.90 bits per heavy atom. The van der Waals surface area contributed by atoms with Gasteiger partial charge in [-0.2, -0.15) is 9.30 Å². The molecule has 0 spiro atoms. The fourth-order valence-corrected chi connectivity index (χ4v) is 6.65. The zero-order valence-corrected chi connectivity index (χ0v) is 20.0. The van der Waals surface area contributed by atoms with Crippen molar-refractivity contribution in [1.29, 1.82) is 0 Å². The topological polar surface area (TPSA) is 71.7 Å². The van der Waals surface area contributed by atoms with Gasteiger partial charge < -0.3 is 4.57 Å². The minimum atomic E-state index is -3.80. The van der Waals surface area contributed by atoms with Gasteiger partial charge in [0.05, 0.1) is 15.1 Å². The first kappa shape index (κ1) is 22.2. The average molecular weight is 478 g/mol. The summed E-state index contributed by atoms with van der Waals surface area (Å²) in [6.07, 6.45) is 1.08. The summed E-state index contributed by atoms with van der Waals surface area (Å²) in [6, 6.07) is 11.5. The van der Waals surface area contributed by atoms with Gasteiger partial charge in [-0.15, -0.1) is 0 Å². The Morgan fingerprint density at radius 3 is 2.58 bits per heavy atom. The average Bonchev–Trinajstić information content (AvgIpc) is 3.34. The molecule has 3 aromatic rings. The highest BCUT2D eigenvalue weighted by molar-refractivity contribution is 7.89. The van der Waals surface area contributed by atoms with Crippen LogP contribution in [0.1, 0.15) is 38.2 Å². The smallest absolute Gasteiger partial charge is 0.266 e. The summed E-state index contributed by atoms with van der Waals surface area (Å²) in [5.41, 5.74) is 2.22. The third kappa shape index (κ3) is 4.22. The van der Waals surface area contributed by atoms with E-state index in [1.54, 1.807) is 0 Å². The number of nitrogens with zero attached hydrogens (tertiary/aromatic N) is 3. The molecule has 2 aromatic carbocycles. The van der Waals surface area contributed by atoms with Gasteiger partial charge in [0.1, 0.15) is 6.04 Å². The summed E-state index contributed by atoms with van der Waals surface area (Å²) in [5, 5.41) is 0.459. The maximum atomic E-state index is 13.1. The predicted octanol–water partition coefficient (Wildman–Crippen LogP) is 4.30. The molecule has 1 aliphatic heterocycles. The number of thiazole rings is 1. The molecule has 2 heterocycles. The van der Waals surface area contributed by atoms with Crippen molar-refractivity contribution in [2.24, 2.45) is 12.0 Å². The van der Waals surface area contributed by atoms with Gasteiger partial charge in [-0.05, 0) is 60.7 Å². The molecule has 9 heteroatoms. The molecule has 1 saturated heterocycles. The second kappa shape index (κ2) is 8.50. The Hall–Kier alpha value is -2.00. The molecule has 0 N–H and O–H groups in total. The second-order valence-corrected chi connectivity index (χ2v) is 11.3. The van der Waals surface area contributed by atoms with Crippen molar-refractivity contribution >= 4 is 49.1 Å². The van der Waals surface area contributed by atoms with E-state index in [-0.39, 0.29) is 4.90 Å². The molecular formula is C22H24ClN3O3S2. The number of carbonyl (C=O) groups excluding carboxylic acids is 1. The van der Waals surface area contributed by atoms with Crippen molar-refractivity contribution in [2.45, 2.75) is 43.5 Å². The van der Waals surface area contributed by atoms with Gasteiger partial charge in [0.2, 0.25) is 10.0 Å². The van der Waals surface area contributed by atoms with Gasteiger partial charge >= 0.3 is 0 Å². The molecule has 1 amide bonds. The summed E-state index contributed by atoms with van der Waals surface area (Å²) in [6.45, 7) is 4.58. The zero-order valence-electron chi connectivity index (χ0n) is 17.6. The molecule has 1 aromatic heterocycles. The lowest BCUT2D eigenvalue weighted by Crippen LogP contribution is -2.40. The van der Waals surface area contributed by atoms with E-state index < -0.39 is 22.0 Å². The SMILES string of the molecule is CC(C)c1ccc2c(c1)sc(=NC(=O)C1CCCN1S(=O)(=O)c1ccc(Cl)cc1)n2C. The summed E-state index contributed by atoms with van der Waals surface area (Å²) < 4.78 is 30.4. The van der Waals surface area contributed by atoms with Crippen LogP contribution in [0, 0.1) is 0 Å². The fraction of sp³-hybridized carbons (Fsp3) is 0.364. The summed E-state index contributed by atoms with van der Waals surface area (Å²) in [7, 11) is -1.93. The Kier molecular flexibility index (Phi) is 6.09. The van der Waals surface area contributed by atoms with Crippen molar-refractivity contribution in [3.8, 4) is 0 Å². The van der Waals surface area contributed by atoms with Crippen molar-refractivity contribution < 1.29 is 13.2 Å². The number of carbonyl (C=O) groups is 1. The summed E-state index contributed by atoms with van der Waals surface area (Å²) >= 11 is 7.33. The Morgan fingerprint density at radius 1 is 1.19 bits per heavy atom. The van der Waals surface area contributed by atoms with Crippen LogP contribution in [-0.4, -0.2) is 35.8 Å². The molecule has 164 valence electrons. The normalized spacial score (nSPS) is 18.4. The van der Waals surface area contributed by atoms with Crippen molar-refractivity contribution in [3.63, 3.8) is 0 Å². The number of rotatable bonds is 4. The number of aromatic nitrogens is 1. The number of hydrogen-bond acceptors (Lipinski definition) is 4. The maximum Gasteiger partial charge on any atom is 0.266 e. The molecule has 0 radical (unpaired) electrons. The fourth-order valence-electron chi connectivity index (χ4n) is 3.80. The number of halogens is 1. The number of sulfonamides is 1. The van der Waals surface area contributed by atoms with Gasteiger partial charge in [0.15, 0.2) is 4.80 Å². The first-order valence-corrected chi connectivity index (χ1v) is 12.8. The molecule has 0 bridgehead atoms. The van der Waals surface area contributed by atoms with Crippen LogP contribution in [-0.2, 0) is 21.9 Å². The van der Waals surface area contributed by atoms with Crippen LogP contribution in [0.3, 0.4) is 0 Å². The molecule has 1 atom stereocenters. The molecule has 0 aliphatic carbocycles. The van der Waals surface area contributed by atoms with Crippen LogP contribution in [0.4, 0.5) is 0 Å². The van der Waals surface area contributed by atoms with E-state index in [9.17, 15) is 13.2 Å². The predicted molar refractivity (Wildman–Crippen MR) is 124 cm³/mol. The van der Waals surface area contributed by atoms with Gasteiger partial charge in [-0.1, -0.05) is 42.9 Å². The Labute approximate surface area is 190 Å². The van der Waals surface area contributed by atoms with E-state index in [4.69, 9.17) is 11.6 Å². The maximum absolute atomic E-state index is 13.1. The lowest BCUT2D eigenvalue weighted by Gasteiger charge is -2.21. The number of benzene rings is 2. The lowest BCUT2D eigenvalue weighted by molar-refractivity contribution is -0.121. The molecular weight excluding hydrogens is 454 g/mol. The molecule has 1 unspecified atom stereocenters. The van der Waals surface area contributed by atoms with Crippen LogP contribution < -0.4 is 4.80 Å². The highest BCUT2D eigenvalue weighted by Gasteiger charge is 2.39. The monoisotopic (exact) mass is 477 g/mol. The second-order valence-electron chi connectivity index (χ2n) is 8.00. The molecule has 4 rings (SSSR count). The number of hydrogen-bond donors (Lipinski definition) is 0. The number of amides is 1. The van der Waals surface area contributed by atoms with Crippen LogP contribution in [0.25, 0.3) is 10.2 Å². The highest BCUT2D eigenvalue weighted by Crippen LogP contribution is 2.28. The van der Waals surface area contributed by atoms with Crippen LogP contribution in [0.2, 0.25) is 5.02 Å². The van der Waals surface area contributed by atoms with E-state index in [1.165, 1.54) is 45.5 Å². The van der Waals surface area contributed by atoms with Gasteiger partial charge in [0, 0.05) is 18.6 Å². The minimum Gasteiger partial charge on any atom is -0.319 e. The quantitative estimate of drug-likeness (QED) is 0.562. The molecule has 1 fully saturated rings. The third-order valence-corrected chi connectivity index (χ3v) is 8.88. The Bertz CT molecular complexity index is 1310. The first-order valence-electron chi connectivity index (χ1n) is 10.1. The van der Waals surface area contributed by atoms with Gasteiger partial charge in [0.25, 0.3) is 5.91 Å². The van der Waals surface area contributed by atoms with Gasteiger partial charge in [-0.25, -0.2) is 8.42 Å². The van der Waals surface area contributed by atoms with Crippen molar-refractivity contribution in [2.75, 3.05) is 6.54 Å². The van der Waals surface area contributed by atoms with E-state index in [0.29, 0.717) is 35.1 Å². The molecule has 0 saturated carbocycles. The number of aryl methyl sites for hydroxylation is 1. The largest absolute Gasteiger partial charge is 0.319 e. The van der Waals surface area contributed by atoms with Crippen LogP contribution in [0.5, 0.6) is 0 Å². The third-order valence-electron chi connectivity index (χ3n) is 5.61. The highest BCUT2D eigenvalue weighted by atomic mass is 35.5. The zero-order chi connectivity index (χ0) is 22.3. The van der Waals surface area contributed by atoms with Crippen LogP contribution >= 0.6 is 22.9 Å². The minimum absolute atomic E-state index is 0.130. The van der Waals surface area contributed by atoms with E-state index in [1.807, 2.05) is 17.7 Å².